The maximum Gasteiger partial charge on any atom is 0.126 e. The molecule has 0 aromatic heterocycles. The molecule has 0 aliphatic heterocycles. The van der Waals surface area contributed by atoms with Gasteiger partial charge < -0.3 is 14.7 Å². The van der Waals surface area contributed by atoms with Gasteiger partial charge in [0.05, 0.1) is 6.10 Å². The molecule has 0 aliphatic carbocycles. The molecule has 0 heterocycles. The Hall–Kier alpha value is -0.700. The van der Waals surface area contributed by atoms with E-state index >= 15 is 0 Å². The number of Topliss-reactive ketones (excluding diaryl/α,β-unsaturated/α-hetero) is 1. The van der Waals surface area contributed by atoms with Crippen LogP contribution >= 0.6 is 0 Å². The van der Waals surface area contributed by atoms with Crippen molar-refractivity contribution < 1.29 is 14.7 Å². The number of hydrogen-bond acceptors (Lipinski definition) is 3. The van der Waals surface area contributed by atoms with Gasteiger partial charge in [0.15, 0.2) is 0 Å². The van der Waals surface area contributed by atoms with Gasteiger partial charge in [-0.2, -0.15) is 0 Å². The molecular formula is C7H14O3. The van der Waals surface area contributed by atoms with Crippen LogP contribution in [-0.4, -0.2) is 23.3 Å². The number of aliphatic hydroxyl groups is 1. The molecule has 0 aliphatic rings. The molecule has 1 N–H and O–H groups in total. The van der Waals surface area contributed by atoms with Crippen LogP contribution in [0, 0.1) is 0 Å². The topological polar surface area (TPSA) is 54.4 Å². The van der Waals surface area contributed by atoms with E-state index in [9.17, 15) is 9.59 Å². The average Bonchev–Trinajstić information content (AvgIpc) is 1.62. The highest BCUT2D eigenvalue weighted by molar-refractivity contribution is 5.72. The Morgan fingerprint density at radius 2 is 1.90 bits per heavy atom. The molecule has 0 radical (unpaired) electrons. The van der Waals surface area contributed by atoms with Gasteiger partial charge in [0.1, 0.15) is 12.1 Å². The van der Waals surface area contributed by atoms with Crippen molar-refractivity contribution in [2.24, 2.45) is 0 Å². The first-order valence-corrected chi connectivity index (χ1v) is 3.09. The van der Waals surface area contributed by atoms with E-state index < -0.39 is 6.10 Å². The molecule has 0 bridgehead atoms. The molecule has 0 spiro atoms. The van der Waals surface area contributed by atoms with Crippen LogP contribution in [0.3, 0.4) is 0 Å². The van der Waals surface area contributed by atoms with Crippen molar-refractivity contribution in [1.29, 1.82) is 0 Å². The van der Waals surface area contributed by atoms with Crippen molar-refractivity contribution in [2.45, 2.75) is 33.3 Å². The molecule has 0 fully saturated rings. The summed E-state index contributed by atoms with van der Waals surface area (Å²) in [7, 11) is 0. The normalized spacial score (nSPS) is 10.8. The minimum atomic E-state index is -0.470. The quantitative estimate of drug-likeness (QED) is 0.579. The van der Waals surface area contributed by atoms with Gasteiger partial charge in [0.2, 0.25) is 0 Å². The maximum atomic E-state index is 9.46. The summed E-state index contributed by atoms with van der Waals surface area (Å²) in [6.07, 6.45) is 0.479. The molecule has 3 nitrogen and oxygen atoms in total. The van der Waals surface area contributed by atoms with Gasteiger partial charge in [-0.25, -0.2) is 0 Å². The fourth-order valence-electron chi connectivity index (χ4n) is 0.139. The molecule has 0 aromatic carbocycles. The van der Waals surface area contributed by atoms with Crippen molar-refractivity contribution in [3.05, 3.63) is 0 Å². The highest BCUT2D eigenvalue weighted by Crippen LogP contribution is 1.80. The standard InChI is InChI=1S/C4H8O2.C3H6O/c1-4(6)2-3-5;1-3(2)4/h3-4,6H,2H2,1H3;1-2H3. The van der Waals surface area contributed by atoms with E-state index in [1.54, 1.807) is 6.92 Å². The Bertz CT molecular complexity index is 93.0. The zero-order valence-electron chi connectivity index (χ0n) is 6.63. The summed E-state index contributed by atoms with van der Waals surface area (Å²) in [5.41, 5.74) is 0. The lowest BCUT2D eigenvalue weighted by Crippen LogP contribution is -1.97. The van der Waals surface area contributed by atoms with Gasteiger partial charge >= 0.3 is 0 Å². The lowest BCUT2D eigenvalue weighted by molar-refractivity contribution is -0.115. The van der Waals surface area contributed by atoms with E-state index in [0.717, 1.165) is 0 Å². The van der Waals surface area contributed by atoms with Gasteiger partial charge in [0.25, 0.3) is 0 Å². The zero-order chi connectivity index (χ0) is 8.57. The summed E-state index contributed by atoms with van der Waals surface area (Å²) in [5.74, 6) is 0.167. The van der Waals surface area contributed by atoms with Crippen molar-refractivity contribution in [1.82, 2.24) is 0 Å². The van der Waals surface area contributed by atoms with Crippen LogP contribution in [0.25, 0.3) is 0 Å². The van der Waals surface area contributed by atoms with Gasteiger partial charge in [-0.3, -0.25) is 0 Å². The van der Waals surface area contributed by atoms with Crippen LogP contribution in [0.2, 0.25) is 0 Å². The molecule has 0 aromatic rings. The number of aliphatic hydroxyl groups excluding tert-OH is 1. The third-order valence-corrected chi connectivity index (χ3v) is 0.437. The highest BCUT2D eigenvalue weighted by atomic mass is 16.3. The average molecular weight is 146 g/mol. The first-order chi connectivity index (χ1) is 4.50. The molecule has 1 atom stereocenters. The summed E-state index contributed by atoms with van der Waals surface area (Å²) in [5, 5.41) is 8.32. The molecule has 1 unspecified atom stereocenters. The molecule has 0 amide bonds. The second kappa shape index (κ2) is 8.30. The van der Waals surface area contributed by atoms with Gasteiger partial charge in [0, 0.05) is 6.42 Å². The number of carbonyl (C=O) groups is 2. The molecule has 0 saturated carbocycles. The van der Waals surface area contributed by atoms with Crippen LogP contribution in [0.4, 0.5) is 0 Å². The van der Waals surface area contributed by atoms with Crippen molar-refractivity contribution in [3.63, 3.8) is 0 Å². The lowest BCUT2D eigenvalue weighted by atomic mass is 10.3. The van der Waals surface area contributed by atoms with Crippen LogP contribution in [-0.2, 0) is 9.59 Å². The van der Waals surface area contributed by atoms with Crippen LogP contribution in [0.5, 0.6) is 0 Å². The Kier molecular flexibility index (Phi) is 9.98. The molecule has 0 rings (SSSR count). The fraction of sp³-hybridized carbons (Fsp3) is 0.714. The lowest BCUT2D eigenvalue weighted by Gasteiger charge is -1.89. The number of hydrogen-bond donors (Lipinski definition) is 1. The molecule has 10 heavy (non-hydrogen) atoms. The van der Waals surface area contributed by atoms with E-state index in [-0.39, 0.29) is 12.2 Å². The number of ketones is 1. The summed E-state index contributed by atoms with van der Waals surface area (Å²) >= 11 is 0. The van der Waals surface area contributed by atoms with Crippen LogP contribution in [0.15, 0.2) is 0 Å². The number of rotatable bonds is 2. The van der Waals surface area contributed by atoms with E-state index in [4.69, 9.17) is 5.11 Å². The predicted octanol–water partition coefficient (Wildman–Crippen LogP) is 0.551. The Balaban J connectivity index is 0. The third kappa shape index (κ3) is 54.8. The van der Waals surface area contributed by atoms with Crippen molar-refractivity contribution in [2.75, 3.05) is 0 Å². The van der Waals surface area contributed by atoms with E-state index in [1.165, 1.54) is 13.8 Å². The second-order valence-corrected chi connectivity index (χ2v) is 2.16. The van der Waals surface area contributed by atoms with Crippen molar-refractivity contribution in [3.8, 4) is 0 Å². The zero-order valence-corrected chi connectivity index (χ0v) is 6.63. The predicted molar refractivity (Wildman–Crippen MR) is 38.7 cm³/mol. The highest BCUT2D eigenvalue weighted by Gasteiger charge is 1.87. The van der Waals surface area contributed by atoms with E-state index in [0.29, 0.717) is 6.29 Å². The molecule has 60 valence electrons. The van der Waals surface area contributed by atoms with E-state index in [2.05, 4.69) is 0 Å². The summed E-state index contributed by atoms with van der Waals surface area (Å²) in [6.45, 7) is 4.63. The van der Waals surface area contributed by atoms with Gasteiger partial charge in [-0.05, 0) is 20.8 Å². The molecule has 0 saturated heterocycles. The van der Waals surface area contributed by atoms with Crippen molar-refractivity contribution >= 4 is 12.1 Å². The smallest absolute Gasteiger partial charge is 0.126 e. The fourth-order valence-corrected chi connectivity index (χ4v) is 0.139. The Labute approximate surface area is 61.1 Å². The minimum absolute atomic E-state index is 0.167. The largest absolute Gasteiger partial charge is 0.393 e. The minimum Gasteiger partial charge on any atom is -0.393 e. The first-order valence-electron chi connectivity index (χ1n) is 3.09. The number of carbonyl (C=O) groups excluding carboxylic acids is 2. The Morgan fingerprint density at radius 3 is 1.90 bits per heavy atom. The SMILES string of the molecule is CC(C)=O.CC(O)CC=O. The maximum absolute atomic E-state index is 9.46. The monoisotopic (exact) mass is 146 g/mol. The Morgan fingerprint density at radius 1 is 1.60 bits per heavy atom. The van der Waals surface area contributed by atoms with Crippen LogP contribution < -0.4 is 0 Å². The van der Waals surface area contributed by atoms with Gasteiger partial charge in [-0.15, -0.1) is 0 Å². The third-order valence-electron chi connectivity index (χ3n) is 0.437. The molecule has 3 heteroatoms. The van der Waals surface area contributed by atoms with Crippen LogP contribution in [0.1, 0.15) is 27.2 Å². The first kappa shape index (κ1) is 12.0. The summed E-state index contributed by atoms with van der Waals surface area (Å²) in [4.78, 5) is 18.9. The summed E-state index contributed by atoms with van der Waals surface area (Å²) in [6, 6.07) is 0. The number of aldehydes is 1. The summed E-state index contributed by atoms with van der Waals surface area (Å²) < 4.78 is 0. The molecular weight excluding hydrogens is 132 g/mol. The second-order valence-electron chi connectivity index (χ2n) is 2.16. The van der Waals surface area contributed by atoms with Gasteiger partial charge in [-0.1, -0.05) is 0 Å². The van der Waals surface area contributed by atoms with E-state index in [1.807, 2.05) is 0 Å².